The van der Waals surface area contributed by atoms with E-state index in [0.717, 1.165) is 24.0 Å². The average Bonchev–Trinajstić information content (AvgIpc) is 3.33. The van der Waals surface area contributed by atoms with Crippen LogP contribution >= 0.6 is 11.3 Å². The number of nitrogens with one attached hydrogen (secondary N) is 1. The van der Waals surface area contributed by atoms with Gasteiger partial charge in [0.25, 0.3) is 0 Å². The summed E-state index contributed by atoms with van der Waals surface area (Å²) in [7, 11) is -4.16. The predicted molar refractivity (Wildman–Crippen MR) is 141 cm³/mol. The standard InChI is InChI=1S/C26H28N2O6S2/c1-2-5-24(27)20-11-9-19(10-12-20)6-3-8-25(29)34-22-15-13-21(14-16-22)28(26(30)31)36(32,33)18-23-7-4-17-35-23/h4,7,9-17,27H,2-3,5-6,8,18H2,1H3,(H,30,31). The molecular weight excluding hydrogens is 500 g/mol. The van der Waals surface area contributed by atoms with E-state index in [0.29, 0.717) is 27.7 Å². The molecule has 3 aromatic rings. The van der Waals surface area contributed by atoms with Crippen LogP contribution in [0.5, 0.6) is 5.75 Å². The Kier molecular flexibility index (Phi) is 9.38. The molecule has 0 unspecified atom stereocenters. The number of ether oxygens (including phenoxy) is 1. The van der Waals surface area contributed by atoms with Gasteiger partial charge in [-0.1, -0.05) is 43.7 Å². The summed E-state index contributed by atoms with van der Waals surface area (Å²) in [4.78, 5) is 24.5. The lowest BCUT2D eigenvalue weighted by Crippen LogP contribution is -2.36. The first-order valence-electron chi connectivity index (χ1n) is 11.5. The van der Waals surface area contributed by atoms with E-state index >= 15 is 0 Å². The van der Waals surface area contributed by atoms with Crippen molar-refractivity contribution in [2.75, 3.05) is 4.31 Å². The molecule has 2 N–H and O–H groups in total. The summed E-state index contributed by atoms with van der Waals surface area (Å²) in [5, 5.41) is 19.2. The molecule has 1 aromatic heterocycles. The zero-order valence-electron chi connectivity index (χ0n) is 19.8. The summed E-state index contributed by atoms with van der Waals surface area (Å²) >= 11 is 1.23. The Balaban J connectivity index is 1.53. The van der Waals surface area contributed by atoms with Crippen molar-refractivity contribution in [1.82, 2.24) is 0 Å². The van der Waals surface area contributed by atoms with Gasteiger partial charge in [0, 0.05) is 17.0 Å². The second-order valence-electron chi connectivity index (χ2n) is 8.13. The van der Waals surface area contributed by atoms with Gasteiger partial charge >= 0.3 is 12.1 Å². The largest absolute Gasteiger partial charge is 0.464 e. The molecule has 0 saturated carbocycles. The molecule has 1 heterocycles. The number of rotatable bonds is 12. The van der Waals surface area contributed by atoms with Crippen LogP contribution in [0.15, 0.2) is 66.0 Å². The number of anilines is 1. The highest BCUT2D eigenvalue weighted by Crippen LogP contribution is 2.25. The van der Waals surface area contributed by atoms with E-state index in [1.165, 1.54) is 35.6 Å². The Hall–Kier alpha value is -3.50. The van der Waals surface area contributed by atoms with Gasteiger partial charge in [0.2, 0.25) is 10.0 Å². The van der Waals surface area contributed by atoms with E-state index in [-0.39, 0.29) is 17.9 Å². The fourth-order valence-electron chi connectivity index (χ4n) is 3.56. The lowest BCUT2D eigenvalue weighted by molar-refractivity contribution is -0.134. The summed E-state index contributed by atoms with van der Waals surface area (Å²) < 4.78 is 31.0. The summed E-state index contributed by atoms with van der Waals surface area (Å²) in [6.45, 7) is 2.04. The maximum absolute atomic E-state index is 12.7. The van der Waals surface area contributed by atoms with Crippen molar-refractivity contribution in [3.63, 3.8) is 0 Å². The van der Waals surface area contributed by atoms with Crippen molar-refractivity contribution in [2.24, 2.45) is 0 Å². The fraction of sp³-hybridized carbons (Fsp3) is 0.269. The molecule has 10 heteroatoms. The Morgan fingerprint density at radius 2 is 1.72 bits per heavy atom. The molecule has 0 radical (unpaired) electrons. The fourth-order valence-corrected chi connectivity index (χ4v) is 6.04. The minimum absolute atomic E-state index is 0.0608. The van der Waals surface area contributed by atoms with Crippen molar-refractivity contribution in [3.05, 3.63) is 82.0 Å². The lowest BCUT2D eigenvalue weighted by atomic mass is 10.0. The van der Waals surface area contributed by atoms with Crippen molar-refractivity contribution < 1.29 is 27.9 Å². The number of nitrogens with zero attached hydrogens (tertiary/aromatic N) is 1. The molecule has 0 spiro atoms. The van der Waals surface area contributed by atoms with Crippen LogP contribution in [-0.2, 0) is 27.0 Å². The van der Waals surface area contributed by atoms with E-state index in [9.17, 15) is 23.1 Å². The molecule has 0 aliphatic rings. The van der Waals surface area contributed by atoms with Crippen LogP contribution in [0.25, 0.3) is 0 Å². The molecule has 36 heavy (non-hydrogen) atoms. The SMILES string of the molecule is CCCC(=N)c1ccc(CCCC(=O)Oc2ccc(N(C(=O)O)S(=O)(=O)Cc3cccs3)cc2)cc1. The van der Waals surface area contributed by atoms with Crippen LogP contribution in [0.4, 0.5) is 10.5 Å². The quantitative estimate of drug-likeness (QED) is 0.172. The van der Waals surface area contributed by atoms with E-state index in [2.05, 4.69) is 0 Å². The highest BCUT2D eigenvalue weighted by Gasteiger charge is 2.29. The van der Waals surface area contributed by atoms with Crippen LogP contribution in [0.2, 0.25) is 0 Å². The van der Waals surface area contributed by atoms with Crippen molar-refractivity contribution in [2.45, 2.75) is 44.8 Å². The zero-order chi connectivity index (χ0) is 26.1. The topological polar surface area (TPSA) is 125 Å². The van der Waals surface area contributed by atoms with Gasteiger partial charge in [-0.05, 0) is 66.1 Å². The number of thiophene rings is 1. The molecule has 0 bridgehead atoms. The van der Waals surface area contributed by atoms with Crippen LogP contribution in [0.1, 0.15) is 48.6 Å². The number of carbonyl (C=O) groups is 2. The van der Waals surface area contributed by atoms with Gasteiger partial charge in [0.05, 0.1) is 5.69 Å². The van der Waals surface area contributed by atoms with Gasteiger partial charge in [0.15, 0.2) is 0 Å². The second-order valence-corrected chi connectivity index (χ2v) is 11.0. The minimum Gasteiger partial charge on any atom is -0.464 e. The first-order valence-corrected chi connectivity index (χ1v) is 13.9. The summed E-state index contributed by atoms with van der Waals surface area (Å²) in [5.74, 6) is -0.675. The van der Waals surface area contributed by atoms with Crippen LogP contribution in [0.3, 0.4) is 0 Å². The van der Waals surface area contributed by atoms with Gasteiger partial charge in [-0.15, -0.1) is 11.3 Å². The minimum atomic E-state index is -4.16. The van der Waals surface area contributed by atoms with Gasteiger partial charge < -0.3 is 15.3 Å². The number of hydrogen-bond donors (Lipinski definition) is 2. The maximum Gasteiger partial charge on any atom is 0.425 e. The van der Waals surface area contributed by atoms with E-state index in [4.69, 9.17) is 10.1 Å². The normalized spacial score (nSPS) is 11.1. The first-order chi connectivity index (χ1) is 17.2. The number of amides is 1. The van der Waals surface area contributed by atoms with Gasteiger partial charge in [-0.2, -0.15) is 4.31 Å². The Morgan fingerprint density at radius 1 is 1.03 bits per heavy atom. The molecule has 3 rings (SSSR count). The number of aryl methyl sites for hydroxylation is 1. The highest BCUT2D eigenvalue weighted by atomic mass is 32.2. The summed E-state index contributed by atoms with van der Waals surface area (Å²) in [5.41, 5.74) is 2.53. The molecule has 1 amide bonds. The monoisotopic (exact) mass is 528 g/mol. The third kappa shape index (κ3) is 7.50. The average molecular weight is 529 g/mol. The summed E-state index contributed by atoms with van der Waals surface area (Å²) in [6.07, 6.45) is 1.50. The first kappa shape index (κ1) is 27.1. The molecule has 190 valence electrons. The molecule has 0 aliphatic heterocycles. The van der Waals surface area contributed by atoms with E-state index in [1.807, 2.05) is 31.2 Å². The number of hydrogen-bond acceptors (Lipinski definition) is 7. The van der Waals surface area contributed by atoms with Gasteiger partial charge in [-0.25, -0.2) is 13.2 Å². The van der Waals surface area contributed by atoms with Crippen molar-refractivity contribution in [3.8, 4) is 5.75 Å². The summed E-state index contributed by atoms with van der Waals surface area (Å²) in [6, 6.07) is 16.4. The number of carbonyl (C=O) groups excluding carboxylic acids is 1. The Morgan fingerprint density at radius 3 is 2.31 bits per heavy atom. The number of esters is 1. The molecule has 0 fully saturated rings. The number of carboxylic acid groups (broad SMARTS) is 1. The van der Waals surface area contributed by atoms with Crippen LogP contribution in [0, 0.1) is 5.41 Å². The van der Waals surface area contributed by atoms with E-state index in [1.54, 1.807) is 17.5 Å². The van der Waals surface area contributed by atoms with Crippen molar-refractivity contribution in [1.29, 1.82) is 5.41 Å². The second kappa shape index (κ2) is 12.5. The third-order valence-electron chi connectivity index (χ3n) is 5.31. The van der Waals surface area contributed by atoms with E-state index < -0.39 is 27.8 Å². The molecule has 2 aromatic carbocycles. The Labute approximate surface area is 214 Å². The van der Waals surface area contributed by atoms with Crippen LogP contribution < -0.4 is 9.04 Å². The number of sulfonamides is 1. The highest BCUT2D eigenvalue weighted by molar-refractivity contribution is 7.92. The molecular formula is C26H28N2O6S2. The molecule has 0 saturated heterocycles. The smallest absolute Gasteiger partial charge is 0.425 e. The maximum atomic E-state index is 12.7. The molecule has 8 nitrogen and oxygen atoms in total. The lowest BCUT2D eigenvalue weighted by Gasteiger charge is -2.19. The zero-order valence-corrected chi connectivity index (χ0v) is 21.5. The molecule has 0 aliphatic carbocycles. The van der Waals surface area contributed by atoms with Gasteiger partial charge in [0.1, 0.15) is 11.5 Å². The Bertz CT molecular complexity index is 1290. The third-order valence-corrected chi connectivity index (χ3v) is 7.97. The van der Waals surface area contributed by atoms with Crippen molar-refractivity contribution >= 4 is 44.8 Å². The molecule has 0 atom stereocenters. The van der Waals surface area contributed by atoms with Gasteiger partial charge in [-0.3, -0.25) is 4.79 Å². The number of benzene rings is 2. The predicted octanol–water partition coefficient (Wildman–Crippen LogP) is 5.86. The van der Waals surface area contributed by atoms with Crippen LogP contribution in [-0.4, -0.2) is 31.3 Å².